The number of hydrogen-bond donors (Lipinski definition) is 0. The number of fused-ring (bicyclic) bond motifs is 1. The van der Waals surface area contributed by atoms with Crippen molar-refractivity contribution in [3.8, 4) is 6.07 Å². The van der Waals surface area contributed by atoms with Crippen molar-refractivity contribution >= 4 is 17.5 Å². The fourth-order valence-corrected chi connectivity index (χ4v) is 8.04. The van der Waals surface area contributed by atoms with Gasteiger partial charge in [0.2, 0.25) is 0 Å². The lowest BCUT2D eigenvalue weighted by Crippen LogP contribution is -2.55. The van der Waals surface area contributed by atoms with Crippen LogP contribution in [0.4, 0.5) is 13.2 Å². The fraction of sp³-hybridized carbons (Fsp3) is 0.778. The van der Waals surface area contributed by atoms with Crippen LogP contribution in [-0.2, 0) is 19.1 Å². The highest BCUT2D eigenvalue weighted by Gasteiger charge is 2.61. The van der Waals surface area contributed by atoms with E-state index in [1.807, 2.05) is 20.8 Å². The van der Waals surface area contributed by atoms with E-state index >= 15 is 0 Å². The van der Waals surface area contributed by atoms with Gasteiger partial charge in [-0.3, -0.25) is 14.4 Å². The van der Waals surface area contributed by atoms with Crippen molar-refractivity contribution in [2.24, 2.45) is 38.4 Å². The highest BCUT2D eigenvalue weighted by atomic mass is 19.4. The van der Waals surface area contributed by atoms with Crippen LogP contribution in [0.2, 0.25) is 0 Å². The van der Waals surface area contributed by atoms with Crippen LogP contribution in [0.1, 0.15) is 128 Å². The molecule has 1 saturated carbocycles. The largest absolute Gasteiger partial charge is 0.456 e. The Morgan fingerprint density at radius 3 is 2.09 bits per heavy atom. The molecule has 0 N–H and O–H groups in total. The van der Waals surface area contributed by atoms with Crippen LogP contribution in [-0.4, -0.2) is 30.3 Å². The number of ketones is 2. The molecule has 5 nitrogen and oxygen atoms in total. The zero-order valence-corrected chi connectivity index (χ0v) is 28.8. The second-order valence-corrected chi connectivity index (χ2v) is 16.1. The molecule has 4 atom stereocenters. The first-order chi connectivity index (χ1) is 19.8. The number of nitrogens with zero attached hydrogens (tertiary/aromatic N) is 1. The molecule has 0 aliphatic heterocycles. The van der Waals surface area contributed by atoms with Gasteiger partial charge in [0.25, 0.3) is 0 Å². The van der Waals surface area contributed by atoms with Crippen LogP contribution >= 0.6 is 0 Å². The number of ether oxygens (including phenoxy) is 1. The summed E-state index contributed by atoms with van der Waals surface area (Å²) >= 11 is 0. The molecular formula is C36H54F3NO4. The van der Waals surface area contributed by atoms with Crippen LogP contribution in [0.5, 0.6) is 0 Å². The van der Waals surface area contributed by atoms with Gasteiger partial charge in [0.15, 0.2) is 18.2 Å². The first-order valence-corrected chi connectivity index (χ1v) is 16.0. The number of rotatable bonds is 12. The Morgan fingerprint density at radius 1 is 1.02 bits per heavy atom. The molecule has 0 aromatic heterocycles. The topological polar surface area (TPSA) is 84.2 Å². The van der Waals surface area contributed by atoms with E-state index in [0.717, 1.165) is 18.4 Å². The van der Waals surface area contributed by atoms with Crippen LogP contribution in [0.15, 0.2) is 23.3 Å². The summed E-state index contributed by atoms with van der Waals surface area (Å²) in [6.07, 6.45) is 3.91. The molecule has 0 bridgehead atoms. The van der Waals surface area contributed by atoms with Gasteiger partial charge in [-0.05, 0) is 87.0 Å². The average Bonchev–Trinajstić information content (AvgIpc) is 2.88. The van der Waals surface area contributed by atoms with E-state index < -0.39 is 45.8 Å². The van der Waals surface area contributed by atoms with Gasteiger partial charge in [-0.1, -0.05) is 80.4 Å². The third kappa shape index (κ3) is 7.68. The molecule has 0 aromatic rings. The molecule has 2 aliphatic carbocycles. The molecule has 8 heteroatoms. The molecule has 0 radical (unpaired) electrons. The summed E-state index contributed by atoms with van der Waals surface area (Å²) in [5.41, 5.74) is -2.89. The zero-order valence-electron chi connectivity index (χ0n) is 28.8. The summed E-state index contributed by atoms with van der Waals surface area (Å²) in [4.78, 5) is 39.3. The van der Waals surface area contributed by atoms with Crippen molar-refractivity contribution in [2.75, 3.05) is 6.61 Å². The lowest BCUT2D eigenvalue weighted by atomic mass is 9.42. The Labute approximate surface area is 263 Å². The van der Waals surface area contributed by atoms with Crippen molar-refractivity contribution in [1.29, 1.82) is 5.26 Å². The lowest BCUT2D eigenvalue weighted by molar-refractivity contribution is -0.194. The van der Waals surface area contributed by atoms with E-state index in [1.165, 1.54) is 6.92 Å². The van der Waals surface area contributed by atoms with Gasteiger partial charge < -0.3 is 4.74 Å². The van der Waals surface area contributed by atoms with Gasteiger partial charge in [0.1, 0.15) is 6.07 Å². The number of allylic oxidation sites excluding steroid dienone is 4. The van der Waals surface area contributed by atoms with Gasteiger partial charge in [-0.15, -0.1) is 0 Å². The molecule has 248 valence electrons. The van der Waals surface area contributed by atoms with Gasteiger partial charge in [-0.25, -0.2) is 0 Å². The molecule has 44 heavy (non-hydrogen) atoms. The quantitative estimate of drug-likeness (QED) is 0.160. The summed E-state index contributed by atoms with van der Waals surface area (Å²) in [5.74, 6) is -1.29. The van der Waals surface area contributed by atoms with Gasteiger partial charge in [0, 0.05) is 10.8 Å². The minimum atomic E-state index is -4.61. The number of hydrogen-bond acceptors (Lipinski definition) is 5. The summed E-state index contributed by atoms with van der Waals surface area (Å²) in [7, 11) is 0. The second kappa shape index (κ2) is 12.8. The van der Waals surface area contributed by atoms with E-state index in [-0.39, 0.29) is 28.5 Å². The number of nitriles is 1. The van der Waals surface area contributed by atoms with E-state index in [4.69, 9.17) is 4.74 Å². The molecule has 1 fully saturated rings. The Balaban J connectivity index is 2.56. The highest BCUT2D eigenvalue weighted by molar-refractivity contribution is 6.04. The van der Waals surface area contributed by atoms with E-state index in [0.29, 0.717) is 38.5 Å². The molecule has 2 aliphatic rings. The maximum absolute atomic E-state index is 13.3. The van der Waals surface area contributed by atoms with Crippen LogP contribution < -0.4 is 0 Å². The van der Waals surface area contributed by atoms with E-state index in [9.17, 15) is 32.8 Å². The van der Waals surface area contributed by atoms with Crippen LogP contribution in [0, 0.1) is 49.7 Å². The molecule has 0 spiro atoms. The predicted octanol–water partition coefficient (Wildman–Crippen LogP) is 9.51. The number of esters is 1. The normalized spacial score (nSPS) is 28.0. The van der Waals surface area contributed by atoms with Crippen molar-refractivity contribution in [3.05, 3.63) is 23.3 Å². The standard InChI is InChI=1S/C36H54F3NO4/c1-12-14-30(3,4)16-18-33(9,29(43)44-23-36(37,38)39)19-17-31(5,6)35(11)15-13-26-32(7,8)28(42)25(22-40)21-34(26,10)27(35)20-24(2)41/h20-21,26H,12-19,23H2,1-11H3/b27-20-/t26-,33-,34-,35+/m0/s1. The maximum Gasteiger partial charge on any atom is 0.422 e. The molecule has 0 aromatic carbocycles. The summed E-state index contributed by atoms with van der Waals surface area (Å²) in [6.45, 7) is 19.9. The fourth-order valence-electron chi connectivity index (χ4n) is 8.04. The molecule has 2 rings (SSSR count). The molecule has 0 amide bonds. The highest BCUT2D eigenvalue weighted by Crippen LogP contribution is 2.67. The zero-order chi connectivity index (χ0) is 34.2. The third-order valence-corrected chi connectivity index (χ3v) is 11.4. The first-order valence-electron chi connectivity index (χ1n) is 16.0. The Bertz CT molecular complexity index is 1230. The van der Waals surface area contributed by atoms with Crippen molar-refractivity contribution in [1.82, 2.24) is 0 Å². The van der Waals surface area contributed by atoms with E-state index in [2.05, 4.69) is 47.6 Å². The lowest BCUT2D eigenvalue weighted by Gasteiger charge is -2.61. The molecular weight excluding hydrogens is 567 g/mol. The van der Waals surface area contributed by atoms with Crippen LogP contribution in [0.3, 0.4) is 0 Å². The van der Waals surface area contributed by atoms with E-state index in [1.54, 1.807) is 19.1 Å². The maximum atomic E-state index is 13.3. The summed E-state index contributed by atoms with van der Waals surface area (Å²) in [6, 6.07) is 2.09. The molecule has 0 unspecified atom stereocenters. The Hall–Kier alpha value is -2.43. The third-order valence-electron chi connectivity index (χ3n) is 11.4. The number of Topliss-reactive ketones (excluding diaryl/α,β-unsaturated/α-hetero) is 1. The number of halogens is 3. The first kappa shape index (κ1) is 37.8. The van der Waals surface area contributed by atoms with Crippen LogP contribution in [0.25, 0.3) is 0 Å². The molecule has 0 heterocycles. The summed E-state index contributed by atoms with van der Waals surface area (Å²) < 4.78 is 44.0. The summed E-state index contributed by atoms with van der Waals surface area (Å²) in [5, 5.41) is 9.88. The van der Waals surface area contributed by atoms with Crippen molar-refractivity contribution in [2.45, 2.75) is 134 Å². The minimum Gasteiger partial charge on any atom is -0.456 e. The van der Waals surface area contributed by atoms with Crippen molar-refractivity contribution in [3.63, 3.8) is 0 Å². The minimum absolute atomic E-state index is 0.0812. The SMILES string of the molecule is CCCC(C)(C)CC[C@@](C)(CCC(C)(C)[C@]1(C)CC[C@H]2C(C)(C)C(=O)C(C#N)=C[C@]2(C)/C1=C/C(C)=O)C(=O)OCC(F)(F)F. The van der Waals surface area contributed by atoms with Gasteiger partial charge in [0.05, 0.1) is 11.0 Å². The number of carbonyl (C=O) groups is 3. The Kier molecular flexibility index (Phi) is 10.9. The molecule has 0 saturated heterocycles. The second-order valence-electron chi connectivity index (χ2n) is 16.1. The Morgan fingerprint density at radius 2 is 1.59 bits per heavy atom. The average molecular weight is 622 g/mol. The predicted molar refractivity (Wildman–Crippen MR) is 166 cm³/mol. The monoisotopic (exact) mass is 621 g/mol. The number of carbonyl (C=O) groups excluding carboxylic acids is 3. The van der Waals surface area contributed by atoms with Gasteiger partial charge >= 0.3 is 12.1 Å². The van der Waals surface area contributed by atoms with Gasteiger partial charge in [-0.2, -0.15) is 18.4 Å². The smallest absolute Gasteiger partial charge is 0.422 e. The van der Waals surface area contributed by atoms with Crippen molar-refractivity contribution < 1.29 is 32.3 Å². The number of alkyl halides is 3.